The Balaban J connectivity index is 2.98. The van der Waals surface area contributed by atoms with Crippen LogP contribution in [0.25, 0.3) is 0 Å². The van der Waals surface area contributed by atoms with E-state index in [2.05, 4.69) is 0 Å². The standard InChI is InChI=1S/C13H17NO5/c1-3-4-9-19-13(2,12(15)16)10-5-7-11(8-6-10)14(17)18/h5-8H,3-4,9H2,1-2H3,(H,15,16). The maximum Gasteiger partial charge on any atom is 0.340 e. The van der Waals surface area contributed by atoms with Gasteiger partial charge in [0.1, 0.15) is 0 Å². The fourth-order valence-corrected chi connectivity index (χ4v) is 1.59. The summed E-state index contributed by atoms with van der Waals surface area (Å²) in [6, 6.07) is 5.38. The molecular weight excluding hydrogens is 250 g/mol. The number of carbonyl (C=O) groups is 1. The van der Waals surface area contributed by atoms with E-state index >= 15 is 0 Å². The molecule has 6 heteroatoms. The van der Waals surface area contributed by atoms with Gasteiger partial charge < -0.3 is 9.84 Å². The lowest BCUT2D eigenvalue weighted by Crippen LogP contribution is -2.35. The molecule has 0 bridgehead atoms. The average molecular weight is 267 g/mol. The van der Waals surface area contributed by atoms with Gasteiger partial charge in [-0.3, -0.25) is 10.1 Å². The van der Waals surface area contributed by atoms with Crippen molar-refractivity contribution in [2.45, 2.75) is 32.3 Å². The van der Waals surface area contributed by atoms with Gasteiger partial charge in [0, 0.05) is 18.7 Å². The van der Waals surface area contributed by atoms with Crippen molar-refractivity contribution in [1.82, 2.24) is 0 Å². The van der Waals surface area contributed by atoms with Crippen LogP contribution in [-0.2, 0) is 15.1 Å². The van der Waals surface area contributed by atoms with E-state index < -0.39 is 16.5 Å². The van der Waals surface area contributed by atoms with E-state index in [4.69, 9.17) is 4.74 Å². The predicted octanol–water partition coefficient (Wildman–Crippen LogP) is 2.71. The SMILES string of the molecule is CCCCOC(C)(C(=O)O)c1ccc([N+](=O)[O-])cc1. The lowest BCUT2D eigenvalue weighted by atomic mass is 9.95. The number of nitro benzene ring substituents is 1. The lowest BCUT2D eigenvalue weighted by Gasteiger charge is -2.25. The monoisotopic (exact) mass is 267 g/mol. The Bertz CT molecular complexity index is 457. The Morgan fingerprint density at radius 2 is 2.00 bits per heavy atom. The van der Waals surface area contributed by atoms with E-state index in [1.165, 1.54) is 31.2 Å². The van der Waals surface area contributed by atoms with E-state index in [1.807, 2.05) is 6.92 Å². The zero-order chi connectivity index (χ0) is 14.5. The van der Waals surface area contributed by atoms with Gasteiger partial charge in [-0.2, -0.15) is 0 Å². The Morgan fingerprint density at radius 3 is 2.42 bits per heavy atom. The summed E-state index contributed by atoms with van der Waals surface area (Å²) >= 11 is 0. The third kappa shape index (κ3) is 3.51. The van der Waals surface area contributed by atoms with E-state index in [-0.39, 0.29) is 5.69 Å². The summed E-state index contributed by atoms with van der Waals surface area (Å²) < 4.78 is 5.45. The van der Waals surface area contributed by atoms with Crippen LogP contribution in [0, 0.1) is 10.1 Å². The minimum absolute atomic E-state index is 0.0787. The molecule has 19 heavy (non-hydrogen) atoms. The number of rotatable bonds is 7. The van der Waals surface area contributed by atoms with Gasteiger partial charge in [-0.1, -0.05) is 13.3 Å². The fraction of sp³-hybridized carbons (Fsp3) is 0.462. The Labute approximate surface area is 111 Å². The molecule has 0 aliphatic rings. The third-order valence-corrected chi connectivity index (χ3v) is 2.93. The minimum atomic E-state index is -1.48. The van der Waals surface area contributed by atoms with Crippen LogP contribution in [0.15, 0.2) is 24.3 Å². The highest BCUT2D eigenvalue weighted by molar-refractivity contribution is 5.79. The molecule has 0 saturated heterocycles. The zero-order valence-corrected chi connectivity index (χ0v) is 11.0. The van der Waals surface area contributed by atoms with Crippen LogP contribution in [0.2, 0.25) is 0 Å². The maximum atomic E-state index is 11.4. The van der Waals surface area contributed by atoms with Crippen LogP contribution >= 0.6 is 0 Å². The van der Waals surface area contributed by atoms with Crippen molar-refractivity contribution in [2.24, 2.45) is 0 Å². The van der Waals surface area contributed by atoms with Gasteiger partial charge in [-0.25, -0.2) is 4.79 Å². The Morgan fingerprint density at radius 1 is 1.42 bits per heavy atom. The van der Waals surface area contributed by atoms with E-state index in [0.717, 1.165) is 12.8 Å². The highest BCUT2D eigenvalue weighted by atomic mass is 16.6. The molecule has 0 amide bonds. The van der Waals surface area contributed by atoms with Crippen molar-refractivity contribution in [2.75, 3.05) is 6.61 Å². The quantitative estimate of drug-likeness (QED) is 0.466. The first-order valence-corrected chi connectivity index (χ1v) is 6.04. The molecule has 0 aliphatic heterocycles. The molecule has 0 fully saturated rings. The second kappa shape index (κ2) is 6.29. The van der Waals surface area contributed by atoms with Crippen LogP contribution in [0.3, 0.4) is 0 Å². The topological polar surface area (TPSA) is 89.7 Å². The third-order valence-electron chi connectivity index (χ3n) is 2.93. The molecule has 104 valence electrons. The molecule has 0 radical (unpaired) electrons. The van der Waals surface area contributed by atoms with Crippen molar-refractivity contribution in [3.8, 4) is 0 Å². The Hall–Kier alpha value is -1.95. The zero-order valence-electron chi connectivity index (χ0n) is 11.0. The predicted molar refractivity (Wildman–Crippen MR) is 68.9 cm³/mol. The summed E-state index contributed by atoms with van der Waals surface area (Å²) in [6.45, 7) is 3.76. The van der Waals surface area contributed by atoms with Gasteiger partial charge in [-0.15, -0.1) is 0 Å². The van der Waals surface area contributed by atoms with Gasteiger partial charge >= 0.3 is 5.97 Å². The number of nitro groups is 1. The smallest absolute Gasteiger partial charge is 0.340 e. The van der Waals surface area contributed by atoms with Gasteiger partial charge in [0.15, 0.2) is 5.60 Å². The normalized spacial score (nSPS) is 13.8. The molecule has 0 aliphatic carbocycles. The maximum absolute atomic E-state index is 11.4. The summed E-state index contributed by atoms with van der Waals surface area (Å²) in [5.74, 6) is -1.11. The second-order valence-corrected chi connectivity index (χ2v) is 4.34. The van der Waals surface area contributed by atoms with Crippen LogP contribution in [0.5, 0.6) is 0 Å². The first-order chi connectivity index (χ1) is 8.91. The van der Waals surface area contributed by atoms with Gasteiger partial charge in [0.25, 0.3) is 5.69 Å². The van der Waals surface area contributed by atoms with E-state index in [1.54, 1.807) is 0 Å². The molecule has 6 nitrogen and oxygen atoms in total. The molecule has 1 atom stereocenters. The van der Waals surface area contributed by atoms with Gasteiger partial charge in [0.2, 0.25) is 0 Å². The summed E-state index contributed by atoms with van der Waals surface area (Å²) in [6.07, 6.45) is 1.66. The number of unbranched alkanes of at least 4 members (excludes halogenated alkanes) is 1. The van der Waals surface area contributed by atoms with Crippen LogP contribution in [-0.4, -0.2) is 22.6 Å². The molecule has 1 aromatic rings. The first-order valence-electron chi connectivity index (χ1n) is 6.04. The number of non-ortho nitro benzene ring substituents is 1. The number of benzene rings is 1. The minimum Gasteiger partial charge on any atom is -0.479 e. The number of nitrogens with zero attached hydrogens (tertiary/aromatic N) is 1. The average Bonchev–Trinajstić information content (AvgIpc) is 2.38. The van der Waals surface area contributed by atoms with Crippen LogP contribution in [0.1, 0.15) is 32.3 Å². The Kier molecular flexibility index (Phi) is 5.00. The highest BCUT2D eigenvalue weighted by Gasteiger charge is 2.36. The van der Waals surface area contributed by atoms with Crippen LogP contribution in [0.4, 0.5) is 5.69 Å². The number of hydrogen-bond acceptors (Lipinski definition) is 4. The summed E-state index contributed by atoms with van der Waals surface area (Å²) in [5.41, 5.74) is -1.17. The molecule has 1 aromatic carbocycles. The number of carboxylic acid groups (broad SMARTS) is 1. The molecule has 0 heterocycles. The number of ether oxygens (including phenoxy) is 1. The lowest BCUT2D eigenvalue weighted by molar-refractivity contribution is -0.384. The van der Waals surface area contributed by atoms with Gasteiger partial charge in [-0.05, 0) is 31.0 Å². The number of carboxylic acids is 1. The molecule has 1 rings (SSSR count). The number of hydrogen-bond donors (Lipinski definition) is 1. The fourth-order valence-electron chi connectivity index (χ4n) is 1.59. The number of aliphatic carboxylic acids is 1. The summed E-state index contributed by atoms with van der Waals surface area (Å²) in [5, 5.41) is 19.9. The molecular formula is C13H17NO5. The largest absolute Gasteiger partial charge is 0.479 e. The first kappa shape index (κ1) is 15.1. The molecule has 1 unspecified atom stereocenters. The van der Waals surface area contributed by atoms with Gasteiger partial charge in [0.05, 0.1) is 4.92 Å². The van der Waals surface area contributed by atoms with E-state index in [9.17, 15) is 20.0 Å². The van der Waals surface area contributed by atoms with Crippen molar-refractivity contribution in [3.05, 3.63) is 39.9 Å². The highest BCUT2D eigenvalue weighted by Crippen LogP contribution is 2.27. The van der Waals surface area contributed by atoms with Crippen molar-refractivity contribution >= 4 is 11.7 Å². The molecule has 1 N–H and O–H groups in total. The molecule has 0 aromatic heterocycles. The van der Waals surface area contributed by atoms with E-state index in [0.29, 0.717) is 12.2 Å². The van der Waals surface area contributed by atoms with Crippen LogP contribution < -0.4 is 0 Å². The van der Waals surface area contributed by atoms with Crippen molar-refractivity contribution in [3.63, 3.8) is 0 Å². The molecule has 0 saturated carbocycles. The summed E-state index contributed by atoms with van der Waals surface area (Å²) in [4.78, 5) is 21.4. The molecule has 0 spiro atoms. The summed E-state index contributed by atoms with van der Waals surface area (Å²) in [7, 11) is 0. The van der Waals surface area contributed by atoms with Crippen molar-refractivity contribution in [1.29, 1.82) is 0 Å². The van der Waals surface area contributed by atoms with Crippen molar-refractivity contribution < 1.29 is 19.6 Å². The second-order valence-electron chi connectivity index (χ2n) is 4.34.